The maximum atomic E-state index is 13.7. The van der Waals surface area contributed by atoms with Gasteiger partial charge in [0, 0.05) is 43.1 Å². The van der Waals surface area contributed by atoms with Crippen LogP contribution in [0, 0.1) is 35.5 Å². The largest absolute Gasteiger partial charge is 0.456 e. The quantitative estimate of drug-likeness (QED) is 0.103. The van der Waals surface area contributed by atoms with Gasteiger partial charge in [0.1, 0.15) is 30.2 Å². The molecule has 3 aliphatic heterocycles. The number of piperidine rings is 1. The molecule has 268 valence electrons. The second kappa shape index (κ2) is 16.0. The summed E-state index contributed by atoms with van der Waals surface area (Å²) in [5.41, 5.74) is 5.59. The summed E-state index contributed by atoms with van der Waals surface area (Å²) in [5, 5.41) is 47.9. The fraction of sp³-hybridized carbons (Fsp3) is 0.886. The van der Waals surface area contributed by atoms with Gasteiger partial charge in [0.05, 0.1) is 61.7 Å². The highest BCUT2D eigenvalue weighted by Crippen LogP contribution is 2.54. The number of quaternary nitrogens is 2. The van der Waals surface area contributed by atoms with Crippen LogP contribution in [0.15, 0.2) is 11.6 Å². The lowest BCUT2D eigenvalue weighted by Crippen LogP contribution is -2.95. The predicted octanol–water partition coefficient (Wildman–Crippen LogP) is -1.27. The highest BCUT2D eigenvalue weighted by atomic mass is 16.6. The molecule has 5 fully saturated rings. The van der Waals surface area contributed by atoms with Crippen LogP contribution in [-0.2, 0) is 23.8 Å². The normalized spacial score (nSPS) is 43.5. The zero-order valence-electron chi connectivity index (χ0n) is 28.5. The van der Waals surface area contributed by atoms with Gasteiger partial charge < -0.3 is 45.3 Å². The average Bonchev–Trinajstić information content (AvgIpc) is 3.05. The van der Waals surface area contributed by atoms with Crippen molar-refractivity contribution in [3.63, 3.8) is 0 Å². The molecule has 2 aliphatic carbocycles. The fourth-order valence-electron chi connectivity index (χ4n) is 9.52. The van der Waals surface area contributed by atoms with E-state index in [1.165, 1.54) is 0 Å². The summed E-state index contributed by atoms with van der Waals surface area (Å²) in [6.45, 7) is 7.42. The molecule has 12 heteroatoms. The van der Waals surface area contributed by atoms with E-state index in [9.17, 15) is 30.0 Å². The number of carbonyl (C=O) groups excluding carboxylic acids is 2. The molecule has 0 aromatic carbocycles. The lowest BCUT2D eigenvalue weighted by molar-refractivity contribution is -0.703. The molecule has 5 rings (SSSR count). The number of esters is 1. The molecule has 0 aromatic rings. The van der Waals surface area contributed by atoms with Crippen molar-refractivity contribution in [2.75, 3.05) is 32.8 Å². The van der Waals surface area contributed by atoms with Crippen LogP contribution in [0.25, 0.3) is 0 Å². The molecule has 3 saturated heterocycles. The van der Waals surface area contributed by atoms with E-state index in [2.05, 4.69) is 5.32 Å². The lowest BCUT2D eigenvalue weighted by atomic mass is 9.57. The first kappa shape index (κ1) is 36.8. The topological polar surface area (TPSA) is 202 Å². The Labute approximate surface area is 279 Å². The Morgan fingerprint density at radius 1 is 1.19 bits per heavy atom. The third-order valence-electron chi connectivity index (χ3n) is 12.3. The highest BCUT2D eigenvalue weighted by Gasteiger charge is 2.64. The molecule has 3 heterocycles. The zero-order valence-corrected chi connectivity index (χ0v) is 28.5. The minimum Gasteiger partial charge on any atom is -0.456 e. The van der Waals surface area contributed by atoms with Crippen LogP contribution < -0.4 is 16.4 Å². The Hall–Kier alpha value is -1.48. The number of hydrogen-bond acceptors (Lipinski definition) is 10. The van der Waals surface area contributed by atoms with Crippen LogP contribution in [-0.4, -0.2) is 113 Å². The Balaban J connectivity index is 1.52. The maximum absolute atomic E-state index is 13.7. The number of ketones is 1. The average molecular weight is 668 g/mol. The summed E-state index contributed by atoms with van der Waals surface area (Å²) >= 11 is 0. The Morgan fingerprint density at radius 2 is 1.98 bits per heavy atom. The van der Waals surface area contributed by atoms with Crippen molar-refractivity contribution in [1.29, 1.82) is 0 Å². The van der Waals surface area contributed by atoms with E-state index >= 15 is 0 Å². The van der Waals surface area contributed by atoms with Crippen molar-refractivity contribution in [3.8, 4) is 0 Å². The first-order valence-electron chi connectivity index (χ1n) is 18.2. The Morgan fingerprint density at radius 3 is 2.62 bits per heavy atom. The van der Waals surface area contributed by atoms with Crippen LogP contribution in [0.1, 0.15) is 78.6 Å². The van der Waals surface area contributed by atoms with Crippen molar-refractivity contribution < 1.29 is 54.9 Å². The van der Waals surface area contributed by atoms with Crippen molar-refractivity contribution >= 4 is 11.8 Å². The molecular formula is C35H61N3O9+2. The standard InChI is InChI=1S/C35H59N3O9/c1-4-20(16-37-5-2)34(44)46-27-14-25-31(43)30-26(42)13-24(18-40)45-33(30)29(21-7-6-8-23(41)12-21)32(25)47-35(27,3)22(17-39)11-19-9-10-28(36)38-15-19/h4,19,21-25,27-33,37-41,43H,5-18,36H2,1-3H3/p+2/t19?,21?,22-,23?,24?,25?,27-,28?,29?,30?,31?,32?,33?,35-/m0/s1. The molecule has 0 aromatic heterocycles. The van der Waals surface area contributed by atoms with Gasteiger partial charge in [0.25, 0.3) is 0 Å². The summed E-state index contributed by atoms with van der Waals surface area (Å²) in [4.78, 5) is 27.3. The van der Waals surface area contributed by atoms with Gasteiger partial charge in [-0.25, -0.2) is 4.79 Å². The van der Waals surface area contributed by atoms with Crippen LogP contribution in [0.4, 0.5) is 0 Å². The molecule has 47 heavy (non-hydrogen) atoms. The predicted molar refractivity (Wildman–Crippen MR) is 171 cm³/mol. The number of likely N-dealkylation sites (N-methyl/N-ethyl adjacent to an activating group) is 1. The molecule has 14 atom stereocenters. The monoisotopic (exact) mass is 667 g/mol. The van der Waals surface area contributed by atoms with E-state index in [1.807, 2.05) is 26.1 Å². The Kier molecular flexibility index (Phi) is 12.6. The van der Waals surface area contributed by atoms with Crippen molar-refractivity contribution in [2.45, 2.75) is 127 Å². The van der Waals surface area contributed by atoms with Crippen LogP contribution in [0.3, 0.4) is 0 Å². The molecule has 12 nitrogen and oxygen atoms in total. The third-order valence-corrected chi connectivity index (χ3v) is 12.3. The smallest absolute Gasteiger partial charge is 0.339 e. The molecule has 2 saturated carbocycles. The highest BCUT2D eigenvalue weighted by molar-refractivity contribution is 5.88. The minimum absolute atomic E-state index is 0.0242. The molecule has 0 spiro atoms. The molecule has 10 N–H and O–H groups in total. The van der Waals surface area contributed by atoms with E-state index in [-0.39, 0.29) is 55.8 Å². The van der Waals surface area contributed by atoms with Gasteiger partial charge in [-0.05, 0) is 65.2 Å². The van der Waals surface area contributed by atoms with Crippen molar-refractivity contribution in [1.82, 2.24) is 0 Å². The van der Waals surface area contributed by atoms with E-state index in [1.54, 1.807) is 6.08 Å². The van der Waals surface area contributed by atoms with Crippen LogP contribution in [0.2, 0.25) is 0 Å². The van der Waals surface area contributed by atoms with Gasteiger partial charge in [-0.3, -0.25) is 10.5 Å². The molecule has 5 aliphatic rings. The molecular weight excluding hydrogens is 606 g/mol. The van der Waals surface area contributed by atoms with Crippen LogP contribution in [0.5, 0.6) is 0 Å². The number of aliphatic hydroxyl groups excluding tert-OH is 4. The van der Waals surface area contributed by atoms with Gasteiger partial charge in [0.2, 0.25) is 0 Å². The van der Waals surface area contributed by atoms with Crippen LogP contribution >= 0.6 is 0 Å². The van der Waals surface area contributed by atoms with Gasteiger partial charge in [-0.15, -0.1) is 0 Å². The number of rotatable bonds is 11. The number of hydrogen-bond donors (Lipinski definition) is 7. The molecule has 0 radical (unpaired) electrons. The van der Waals surface area contributed by atoms with E-state index in [4.69, 9.17) is 19.9 Å². The van der Waals surface area contributed by atoms with Gasteiger partial charge in [0.15, 0.2) is 0 Å². The number of allylic oxidation sites excluding steroid dienone is 1. The summed E-state index contributed by atoms with van der Waals surface area (Å²) in [6, 6.07) is 0. The van der Waals surface area contributed by atoms with Gasteiger partial charge >= 0.3 is 5.97 Å². The SMILES string of the molecule is CC=C(C[NH2+]CC)C(=O)O[C@H]1CC2C(O)C3C(=O)CC(CO)OC3C(C3CCCC(O)C3)C2O[C@@]1(C)[C@H](CO)CC1CCC(N)[NH2+]C1. The lowest BCUT2D eigenvalue weighted by Gasteiger charge is -2.60. The third kappa shape index (κ3) is 7.81. The molecule has 11 unspecified atom stereocenters. The van der Waals surface area contributed by atoms with Gasteiger partial charge in [-0.1, -0.05) is 12.5 Å². The second-order valence-corrected chi connectivity index (χ2v) is 15.2. The van der Waals surface area contributed by atoms with Crippen molar-refractivity contribution in [2.24, 2.45) is 41.2 Å². The summed E-state index contributed by atoms with van der Waals surface area (Å²) in [5.74, 6) is -2.35. The zero-order chi connectivity index (χ0) is 33.9. The number of carbonyl (C=O) groups is 2. The first-order valence-corrected chi connectivity index (χ1v) is 18.2. The number of Topliss-reactive ketones (excluding diaryl/α,β-unsaturated/α-hetero) is 1. The summed E-state index contributed by atoms with van der Waals surface area (Å²) < 4.78 is 20.0. The molecule has 0 bridgehead atoms. The van der Waals surface area contributed by atoms with Gasteiger partial charge in [-0.2, -0.15) is 0 Å². The number of fused-ring (bicyclic) bond motifs is 2. The number of aliphatic hydroxyl groups is 4. The second-order valence-electron chi connectivity index (χ2n) is 15.2. The number of ether oxygens (including phenoxy) is 3. The first-order chi connectivity index (χ1) is 22.5. The van der Waals surface area contributed by atoms with Crippen molar-refractivity contribution in [3.05, 3.63) is 11.6 Å². The van der Waals surface area contributed by atoms with E-state index in [0.29, 0.717) is 37.3 Å². The minimum atomic E-state index is -1.11. The summed E-state index contributed by atoms with van der Waals surface area (Å²) in [7, 11) is 0. The molecule has 0 amide bonds. The van der Waals surface area contributed by atoms with E-state index < -0.39 is 60.0 Å². The number of nitrogens with two attached hydrogens (primary N) is 3. The fourth-order valence-corrected chi connectivity index (χ4v) is 9.52. The van der Waals surface area contributed by atoms with E-state index in [0.717, 1.165) is 38.8 Å². The Bertz CT molecular complexity index is 1100. The maximum Gasteiger partial charge on any atom is 0.339 e. The summed E-state index contributed by atoms with van der Waals surface area (Å²) in [6.07, 6.45) is 3.23.